The van der Waals surface area contributed by atoms with Crippen molar-refractivity contribution in [1.82, 2.24) is 4.90 Å². The van der Waals surface area contributed by atoms with Crippen LogP contribution in [0.2, 0.25) is 0 Å². The first-order valence-electron chi connectivity index (χ1n) is 3.02. The molecule has 1 aliphatic heterocycles. The highest BCUT2D eigenvalue weighted by atomic mass is 15.1. The Morgan fingerprint density at radius 1 is 1.44 bits per heavy atom. The summed E-state index contributed by atoms with van der Waals surface area (Å²) in [5.41, 5.74) is 0. The highest BCUT2D eigenvalue weighted by Gasteiger charge is 1.99. The molecule has 0 N–H and O–H groups in total. The molecule has 0 amide bonds. The van der Waals surface area contributed by atoms with Crippen LogP contribution in [0.1, 0.15) is 0 Å². The van der Waals surface area contributed by atoms with Crippen molar-refractivity contribution in [3.05, 3.63) is 0 Å². The van der Waals surface area contributed by atoms with E-state index in [9.17, 15) is 0 Å². The Morgan fingerprint density at radius 3 is 2.56 bits per heavy atom. The summed E-state index contributed by atoms with van der Waals surface area (Å²) in [7, 11) is 3.94. The molecule has 0 aliphatic carbocycles. The molecule has 3 nitrogen and oxygen atoms in total. The van der Waals surface area contributed by atoms with Gasteiger partial charge in [-0.1, -0.05) is 0 Å². The number of rotatable bonds is 0. The Bertz CT molecular complexity index is 146. The summed E-state index contributed by atoms with van der Waals surface area (Å²) in [5, 5.41) is 0. The van der Waals surface area contributed by atoms with Crippen LogP contribution in [0.25, 0.3) is 0 Å². The molecule has 0 saturated heterocycles. The van der Waals surface area contributed by atoms with Crippen molar-refractivity contribution in [1.29, 1.82) is 0 Å². The van der Waals surface area contributed by atoms with Crippen LogP contribution in [0.5, 0.6) is 0 Å². The van der Waals surface area contributed by atoms with Crippen LogP contribution in [0, 0.1) is 0 Å². The molecule has 0 atom stereocenters. The molecule has 9 heavy (non-hydrogen) atoms. The maximum Gasteiger partial charge on any atom is 0.141 e. The van der Waals surface area contributed by atoms with Crippen molar-refractivity contribution in [3.8, 4) is 0 Å². The topological polar surface area (TPSA) is 28.0 Å². The van der Waals surface area contributed by atoms with Crippen molar-refractivity contribution < 1.29 is 0 Å². The van der Waals surface area contributed by atoms with Gasteiger partial charge in [-0.25, -0.2) is 0 Å². The number of hydrogen-bond acceptors (Lipinski definition) is 3. The average Bonchev–Trinajstić information content (AvgIpc) is 1.90. The van der Waals surface area contributed by atoms with E-state index >= 15 is 0 Å². The summed E-state index contributed by atoms with van der Waals surface area (Å²) in [6.07, 6.45) is 1.81. The lowest BCUT2D eigenvalue weighted by atomic mass is 10.5. The predicted octanol–water partition coefficient (Wildman–Crippen LogP) is 0.0309. The van der Waals surface area contributed by atoms with Crippen molar-refractivity contribution in [3.63, 3.8) is 0 Å². The van der Waals surface area contributed by atoms with Crippen LogP contribution in [0.3, 0.4) is 0 Å². The van der Waals surface area contributed by atoms with Crippen molar-refractivity contribution in [2.45, 2.75) is 0 Å². The van der Waals surface area contributed by atoms with E-state index in [2.05, 4.69) is 9.98 Å². The highest BCUT2D eigenvalue weighted by Crippen LogP contribution is 1.87. The lowest BCUT2D eigenvalue weighted by Crippen LogP contribution is -2.25. The Labute approximate surface area is 55.1 Å². The Balaban J connectivity index is 2.58. The number of amidine groups is 1. The zero-order valence-corrected chi connectivity index (χ0v) is 5.83. The van der Waals surface area contributed by atoms with E-state index < -0.39 is 0 Å². The fourth-order valence-corrected chi connectivity index (χ4v) is 0.666. The summed E-state index contributed by atoms with van der Waals surface area (Å²) in [6.45, 7) is 1.68. The van der Waals surface area contributed by atoms with Gasteiger partial charge in [-0.05, 0) is 0 Å². The van der Waals surface area contributed by atoms with Gasteiger partial charge in [-0.2, -0.15) is 0 Å². The first-order chi connectivity index (χ1) is 4.30. The second kappa shape index (κ2) is 2.62. The number of hydrogen-bond donors (Lipinski definition) is 0. The Kier molecular flexibility index (Phi) is 1.82. The average molecular weight is 125 g/mol. The van der Waals surface area contributed by atoms with Gasteiger partial charge in [0.2, 0.25) is 0 Å². The molecule has 1 heterocycles. The molecule has 0 aromatic rings. The van der Waals surface area contributed by atoms with E-state index in [0.29, 0.717) is 0 Å². The number of nitrogens with zero attached hydrogens (tertiary/aromatic N) is 3. The third kappa shape index (κ3) is 1.52. The molecule has 0 aromatic heterocycles. The minimum absolute atomic E-state index is 0.837. The van der Waals surface area contributed by atoms with Gasteiger partial charge in [-0.15, -0.1) is 0 Å². The van der Waals surface area contributed by atoms with E-state index in [0.717, 1.165) is 18.9 Å². The quantitative estimate of drug-likeness (QED) is 0.449. The van der Waals surface area contributed by atoms with E-state index in [-0.39, 0.29) is 0 Å². The smallest absolute Gasteiger partial charge is 0.141 e. The highest BCUT2D eigenvalue weighted by molar-refractivity contribution is 6.29. The van der Waals surface area contributed by atoms with Gasteiger partial charge >= 0.3 is 0 Å². The standard InChI is InChI=1S/C6H11N3/c1-9(2)6-5-7-3-4-8-6/h5H,3-4H2,1-2H3. The molecule has 1 aliphatic rings. The Morgan fingerprint density at radius 2 is 2.22 bits per heavy atom. The first-order valence-corrected chi connectivity index (χ1v) is 3.02. The van der Waals surface area contributed by atoms with Crippen molar-refractivity contribution in [2.24, 2.45) is 9.98 Å². The molecule has 0 unspecified atom stereocenters. The van der Waals surface area contributed by atoms with Crippen LogP contribution in [0.15, 0.2) is 9.98 Å². The number of aliphatic imine (C=N–C) groups is 2. The van der Waals surface area contributed by atoms with Crippen molar-refractivity contribution in [2.75, 3.05) is 27.2 Å². The SMILES string of the molecule is CN(C)C1=NCCN=C1. The molecule has 0 saturated carbocycles. The zero-order valence-electron chi connectivity index (χ0n) is 5.83. The van der Waals surface area contributed by atoms with Gasteiger partial charge in [0.05, 0.1) is 19.3 Å². The second-order valence-electron chi connectivity index (χ2n) is 2.17. The molecular formula is C6H11N3. The lowest BCUT2D eigenvalue weighted by Gasteiger charge is -2.13. The maximum absolute atomic E-state index is 4.22. The van der Waals surface area contributed by atoms with Crippen LogP contribution in [-0.4, -0.2) is 44.1 Å². The molecular weight excluding hydrogens is 114 g/mol. The molecule has 50 valence electrons. The summed E-state index contributed by atoms with van der Waals surface area (Å²) < 4.78 is 0. The van der Waals surface area contributed by atoms with E-state index in [1.807, 2.05) is 25.2 Å². The van der Waals surface area contributed by atoms with Crippen LogP contribution < -0.4 is 0 Å². The minimum Gasteiger partial charge on any atom is -0.362 e. The summed E-state index contributed by atoms with van der Waals surface area (Å²) >= 11 is 0. The van der Waals surface area contributed by atoms with Gasteiger partial charge in [-0.3, -0.25) is 9.98 Å². The van der Waals surface area contributed by atoms with E-state index in [1.165, 1.54) is 0 Å². The third-order valence-electron chi connectivity index (χ3n) is 1.17. The van der Waals surface area contributed by atoms with Gasteiger partial charge in [0.1, 0.15) is 5.84 Å². The largest absolute Gasteiger partial charge is 0.362 e. The molecule has 3 heteroatoms. The molecule has 0 bridgehead atoms. The summed E-state index contributed by atoms with van der Waals surface area (Å²) in [6, 6.07) is 0. The summed E-state index contributed by atoms with van der Waals surface area (Å²) in [4.78, 5) is 10.3. The van der Waals surface area contributed by atoms with Crippen LogP contribution >= 0.6 is 0 Å². The van der Waals surface area contributed by atoms with E-state index in [1.54, 1.807) is 0 Å². The first kappa shape index (κ1) is 6.26. The molecule has 0 spiro atoms. The molecule has 1 rings (SSSR count). The predicted molar refractivity (Wildman–Crippen MR) is 39.3 cm³/mol. The molecule has 0 aromatic carbocycles. The van der Waals surface area contributed by atoms with Crippen LogP contribution in [0.4, 0.5) is 0 Å². The van der Waals surface area contributed by atoms with Gasteiger partial charge < -0.3 is 4.90 Å². The maximum atomic E-state index is 4.22. The monoisotopic (exact) mass is 125 g/mol. The zero-order chi connectivity index (χ0) is 6.69. The molecule has 0 fully saturated rings. The summed E-state index contributed by atoms with van der Waals surface area (Å²) in [5.74, 6) is 0.973. The van der Waals surface area contributed by atoms with Crippen LogP contribution in [-0.2, 0) is 0 Å². The molecule has 0 radical (unpaired) electrons. The fraction of sp³-hybridized carbons (Fsp3) is 0.667. The minimum atomic E-state index is 0.837. The normalized spacial score (nSPS) is 17.3. The fourth-order valence-electron chi connectivity index (χ4n) is 0.666. The Hall–Kier alpha value is -0.860. The lowest BCUT2D eigenvalue weighted by molar-refractivity contribution is 0.625. The third-order valence-corrected chi connectivity index (χ3v) is 1.17. The van der Waals surface area contributed by atoms with Crippen molar-refractivity contribution >= 4 is 12.1 Å². The van der Waals surface area contributed by atoms with Gasteiger partial charge in [0.15, 0.2) is 0 Å². The van der Waals surface area contributed by atoms with E-state index in [4.69, 9.17) is 0 Å². The second-order valence-corrected chi connectivity index (χ2v) is 2.17. The van der Waals surface area contributed by atoms with Gasteiger partial charge in [0, 0.05) is 14.1 Å². The van der Waals surface area contributed by atoms with Gasteiger partial charge in [0.25, 0.3) is 0 Å².